The van der Waals surface area contributed by atoms with Gasteiger partial charge in [0.2, 0.25) is 21.8 Å². The first-order chi connectivity index (χ1) is 16.5. The summed E-state index contributed by atoms with van der Waals surface area (Å²) in [7, 11) is -3.75. The van der Waals surface area contributed by atoms with Gasteiger partial charge >= 0.3 is 0 Å². The van der Waals surface area contributed by atoms with Gasteiger partial charge in [-0.3, -0.25) is 13.9 Å². The van der Waals surface area contributed by atoms with Gasteiger partial charge < -0.3 is 10.2 Å². The molecule has 0 radical (unpaired) electrons. The van der Waals surface area contributed by atoms with Crippen molar-refractivity contribution in [3.05, 3.63) is 64.7 Å². The van der Waals surface area contributed by atoms with Crippen molar-refractivity contribution < 1.29 is 18.0 Å². The summed E-state index contributed by atoms with van der Waals surface area (Å²) in [5.74, 6) is -0.642. The van der Waals surface area contributed by atoms with Crippen LogP contribution in [0.5, 0.6) is 0 Å². The van der Waals surface area contributed by atoms with Crippen LogP contribution in [0.15, 0.2) is 42.5 Å². The lowest BCUT2D eigenvalue weighted by molar-refractivity contribution is -0.140. The fraction of sp³-hybridized carbons (Fsp3) is 0.481. The van der Waals surface area contributed by atoms with E-state index in [-0.39, 0.29) is 19.0 Å². The molecule has 2 amide bonds. The predicted molar refractivity (Wildman–Crippen MR) is 142 cm³/mol. The van der Waals surface area contributed by atoms with E-state index in [9.17, 15) is 18.0 Å². The molecule has 2 aromatic carbocycles. The van der Waals surface area contributed by atoms with Gasteiger partial charge in [0.15, 0.2) is 0 Å². The molecule has 0 aliphatic rings. The molecule has 192 valence electrons. The number of amides is 2. The topological polar surface area (TPSA) is 86.8 Å². The molecule has 0 aliphatic carbocycles. The number of rotatable bonds is 12. The van der Waals surface area contributed by atoms with Gasteiger partial charge in [0.25, 0.3) is 0 Å². The lowest BCUT2D eigenvalue weighted by atomic mass is 10.1. The molecule has 2 aromatic rings. The fourth-order valence-electron chi connectivity index (χ4n) is 4.08. The first-order valence-electron chi connectivity index (χ1n) is 12.2. The van der Waals surface area contributed by atoms with Crippen molar-refractivity contribution in [2.45, 2.75) is 66.5 Å². The molecule has 1 atom stereocenters. The molecule has 1 N–H and O–H groups in total. The molecule has 0 fully saturated rings. The Morgan fingerprint density at radius 1 is 1.00 bits per heavy atom. The SMILES string of the molecule is CCCCNC(=O)C(CC)N(Cc1ccccc1C)C(=O)CN(c1ccc(C)cc1C)S(C)(=O)=O. The van der Waals surface area contributed by atoms with Gasteiger partial charge in [-0.1, -0.05) is 62.2 Å². The number of carbonyl (C=O) groups excluding carboxylic acids is 2. The van der Waals surface area contributed by atoms with Gasteiger partial charge in [0, 0.05) is 13.1 Å². The zero-order valence-electron chi connectivity index (χ0n) is 21.8. The van der Waals surface area contributed by atoms with Gasteiger partial charge in [-0.15, -0.1) is 0 Å². The summed E-state index contributed by atoms with van der Waals surface area (Å²) in [6, 6.07) is 12.4. The summed E-state index contributed by atoms with van der Waals surface area (Å²) < 4.78 is 26.7. The summed E-state index contributed by atoms with van der Waals surface area (Å²) in [5.41, 5.74) is 4.14. The molecule has 0 saturated carbocycles. The van der Waals surface area contributed by atoms with Crippen molar-refractivity contribution in [2.24, 2.45) is 0 Å². The van der Waals surface area contributed by atoms with Crippen molar-refractivity contribution in [1.82, 2.24) is 10.2 Å². The number of aryl methyl sites for hydroxylation is 3. The van der Waals surface area contributed by atoms with Gasteiger partial charge in [0.05, 0.1) is 11.9 Å². The van der Waals surface area contributed by atoms with Crippen molar-refractivity contribution in [3.63, 3.8) is 0 Å². The second-order valence-corrected chi connectivity index (χ2v) is 11.0. The number of sulfonamides is 1. The molecule has 2 rings (SSSR count). The Hall–Kier alpha value is -2.87. The maximum atomic E-state index is 13.7. The van der Waals surface area contributed by atoms with Crippen LogP contribution in [-0.2, 0) is 26.2 Å². The quantitative estimate of drug-likeness (QED) is 0.444. The smallest absolute Gasteiger partial charge is 0.244 e. The maximum Gasteiger partial charge on any atom is 0.244 e. The molecule has 8 heteroatoms. The Morgan fingerprint density at radius 3 is 2.26 bits per heavy atom. The second kappa shape index (κ2) is 12.7. The summed E-state index contributed by atoms with van der Waals surface area (Å²) in [6.45, 7) is 9.99. The zero-order valence-corrected chi connectivity index (χ0v) is 22.6. The third-order valence-electron chi connectivity index (χ3n) is 6.12. The number of anilines is 1. The predicted octanol–water partition coefficient (Wildman–Crippen LogP) is 4.10. The molecular weight excluding hydrogens is 462 g/mol. The first-order valence-corrected chi connectivity index (χ1v) is 14.0. The molecule has 1 unspecified atom stereocenters. The highest BCUT2D eigenvalue weighted by Gasteiger charge is 2.32. The minimum Gasteiger partial charge on any atom is -0.354 e. The molecule has 0 saturated heterocycles. The van der Waals surface area contributed by atoms with E-state index in [0.29, 0.717) is 18.7 Å². The molecule has 0 aliphatic heterocycles. The van der Waals surface area contributed by atoms with Gasteiger partial charge in [-0.2, -0.15) is 0 Å². The highest BCUT2D eigenvalue weighted by atomic mass is 32.2. The Balaban J connectivity index is 2.45. The highest BCUT2D eigenvalue weighted by molar-refractivity contribution is 7.92. The summed E-state index contributed by atoms with van der Waals surface area (Å²) in [5, 5.41) is 2.94. The van der Waals surface area contributed by atoms with E-state index in [1.807, 2.05) is 71.0 Å². The zero-order chi connectivity index (χ0) is 26.2. The Kier molecular flexibility index (Phi) is 10.3. The van der Waals surface area contributed by atoms with E-state index in [2.05, 4.69) is 5.32 Å². The maximum absolute atomic E-state index is 13.7. The van der Waals surface area contributed by atoms with Crippen molar-refractivity contribution in [1.29, 1.82) is 0 Å². The first kappa shape index (κ1) is 28.4. The minimum absolute atomic E-state index is 0.218. The van der Waals surface area contributed by atoms with Crippen LogP contribution in [0.2, 0.25) is 0 Å². The highest BCUT2D eigenvalue weighted by Crippen LogP contribution is 2.24. The van der Waals surface area contributed by atoms with Gasteiger partial charge in [-0.05, 0) is 56.4 Å². The van der Waals surface area contributed by atoms with E-state index < -0.39 is 22.0 Å². The average molecular weight is 502 g/mol. The molecule has 35 heavy (non-hydrogen) atoms. The number of hydrogen-bond acceptors (Lipinski definition) is 4. The van der Waals surface area contributed by atoms with Crippen LogP contribution in [0.4, 0.5) is 5.69 Å². The number of benzene rings is 2. The largest absolute Gasteiger partial charge is 0.354 e. The summed E-state index contributed by atoms with van der Waals surface area (Å²) >= 11 is 0. The number of nitrogens with one attached hydrogen (secondary N) is 1. The number of nitrogens with zero attached hydrogens (tertiary/aromatic N) is 2. The summed E-state index contributed by atoms with van der Waals surface area (Å²) in [4.78, 5) is 28.3. The molecule has 7 nitrogen and oxygen atoms in total. The van der Waals surface area contributed by atoms with Crippen molar-refractivity contribution >= 4 is 27.5 Å². The Bertz CT molecular complexity index is 1130. The van der Waals surface area contributed by atoms with Crippen LogP contribution in [0.1, 0.15) is 55.4 Å². The number of hydrogen-bond donors (Lipinski definition) is 1. The van der Waals surface area contributed by atoms with Crippen LogP contribution < -0.4 is 9.62 Å². The van der Waals surface area contributed by atoms with Crippen LogP contribution in [0, 0.1) is 20.8 Å². The lowest BCUT2D eigenvalue weighted by Crippen LogP contribution is -2.52. The standard InChI is InChI=1S/C27H39N3O4S/c1-7-9-16-28-27(32)24(8-2)29(18-23-13-11-10-12-21(23)4)26(31)19-30(35(6,33)34)25-15-14-20(3)17-22(25)5/h10-15,17,24H,7-9,16,18-19H2,1-6H3,(H,28,32). The third-order valence-corrected chi connectivity index (χ3v) is 7.24. The van der Waals surface area contributed by atoms with Crippen molar-refractivity contribution in [2.75, 3.05) is 23.7 Å². The third kappa shape index (κ3) is 7.82. The molecule has 0 spiro atoms. The van der Waals surface area contributed by atoms with E-state index >= 15 is 0 Å². The monoisotopic (exact) mass is 501 g/mol. The van der Waals surface area contributed by atoms with Crippen LogP contribution in [0.25, 0.3) is 0 Å². The molecular formula is C27H39N3O4S. The molecule has 0 heterocycles. The number of carbonyl (C=O) groups is 2. The van der Waals surface area contributed by atoms with Crippen LogP contribution >= 0.6 is 0 Å². The molecule has 0 bridgehead atoms. The second-order valence-electron chi connectivity index (χ2n) is 9.08. The minimum atomic E-state index is -3.75. The van der Waals surface area contributed by atoms with Gasteiger partial charge in [-0.25, -0.2) is 8.42 Å². The lowest BCUT2D eigenvalue weighted by Gasteiger charge is -2.33. The van der Waals surface area contributed by atoms with Gasteiger partial charge in [0.1, 0.15) is 12.6 Å². The summed E-state index contributed by atoms with van der Waals surface area (Å²) in [6.07, 6.45) is 3.31. The van der Waals surface area contributed by atoms with E-state index in [1.54, 1.807) is 6.07 Å². The Labute approximate surface area is 210 Å². The van der Waals surface area contributed by atoms with Crippen LogP contribution in [-0.4, -0.2) is 50.5 Å². The number of unbranched alkanes of at least 4 members (excludes halogenated alkanes) is 1. The van der Waals surface area contributed by atoms with E-state index in [1.165, 1.54) is 4.90 Å². The average Bonchev–Trinajstić information content (AvgIpc) is 2.78. The van der Waals surface area contributed by atoms with Crippen molar-refractivity contribution in [3.8, 4) is 0 Å². The van der Waals surface area contributed by atoms with E-state index in [0.717, 1.165) is 45.7 Å². The normalized spacial score (nSPS) is 12.2. The van der Waals surface area contributed by atoms with E-state index in [4.69, 9.17) is 0 Å². The fourth-order valence-corrected chi connectivity index (χ4v) is 4.98. The Morgan fingerprint density at radius 2 is 1.69 bits per heavy atom. The molecule has 0 aromatic heterocycles. The van der Waals surface area contributed by atoms with Crippen LogP contribution in [0.3, 0.4) is 0 Å².